The van der Waals surface area contributed by atoms with Gasteiger partial charge < -0.3 is 15.1 Å². The molecule has 32 heavy (non-hydrogen) atoms. The van der Waals surface area contributed by atoms with E-state index in [-0.39, 0.29) is 23.6 Å². The summed E-state index contributed by atoms with van der Waals surface area (Å²) in [5.41, 5.74) is 1.68. The summed E-state index contributed by atoms with van der Waals surface area (Å²) in [7, 11) is 0. The number of likely N-dealkylation sites (tertiary alicyclic amines) is 1. The number of nitrogens with zero attached hydrogens (tertiary/aromatic N) is 2. The maximum absolute atomic E-state index is 13.0. The Bertz CT molecular complexity index is 1040. The molecule has 1 saturated heterocycles. The van der Waals surface area contributed by atoms with Crippen LogP contribution in [0.25, 0.3) is 6.08 Å². The molecule has 2 aromatic heterocycles. The van der Waals surface area contributed by atoms with E-state index in [0.717, 1.165) is 38.2 Å². The summed E-state index contributed by atoms with van der Waals surface area (Å²) >= 11 is 0. The number of carbonyl (C=O) groups is 2. The van der Waals surface area contributed by atoms with Gasteiger partial charge in [-0.3, -0.25) is 19.5 Å². The van der Waals surface area contributed by atoms with E-state index in [4.69, 9.17) is 4.42 Å². The SMILES string of the molecule is O=C(NC1CCN(Cc2ccccn2)CC1)C(=Cc1ccco1)NC(=O)c1ccccc1. The molecule has 7 heteroatoms. The molecule has 1 aliphatic rings. The predicted octanol–water partition coefficient (Wildman–Crippen LogP) is 3.23. The molecule has 4 rings (SSSR count). The van der Waals surface area contributed by atoms with Gasteiger partial charge in [-0.05, 0) is 49.2 Å². The number of pyridine rings is 1. The second-order valence-electron chi connectivity index (χ2n) is 7.74. The number of amides is 2. The van der Waals surface area contributed by atoms with Crippen LogP contribution < -0.4 is 10.6 Å². The molecule has 0 saturated carbocycles. The van der Waals surface area contributed by atoms with Gasteiger partial charge in [0.1, 0.15) is 11.5 Å². The number of rotatable bonds is 7. The quantitative estimate of drug-likeness (QED) is 0.562. The van der Waals surface area contributed by atoms with Gasteiger partial charge >= 0.3 is 0 Å². The van der Waals surface area contributed by atoms with E-state index in [1.54, 1.807) is 48.7 Å². The van der Waals surface area contributed by atoms with Crippen LogP contribution in [-0.4, -0.2) is 40.8 Å². The van der Waals surface area contributed by atoms with E-state index < -0.39 is 0 Å². The fourth-order valence-electron chi connectivity index (χ4n) is 3.68. The molecule has 7 nitrogen and oxygen atoms in total. The van der Waals surface area contributed by atoms with Gasteiger partial charge in [-0.25, -0.2) is 0 Å². The number of furan rings is 1. The zero-order valence-corrected chi connectivity index (χ0v) is 17.7. The van der Waals surface area contributed by atoms with Crippen molar-refractivity contribution >= 4 is 17.9 Å². The van der Waals surface area contributed by atoms with Crippen LogP contribution in [-0.2, 0) is 11.3 Å². The summed E-state index contributed by atoms with van der Waals surface area (Å²) < 4.78 is 5.34. The Balaban J connectivity index is 1.37. The van der Waals surface area contributed by atoms with Crippen molar-refractivity contribution in [3.05, 3.63) is 95.8 Å². The standard InChI is InChI=1S/C25H26N4O3/c30-24(19-7-2-1-3-8-19)28-23(17-22-10-6-16-32-22)25(31)27-20-11-14-29(15-12-20)18-21-9-4-5-13-26-21/h1-10,13,16-17,20H,11-12,14-15,18H2,(H,27,31)(H,28,30). The van der Waals surface area contributed by atoms with Gasteiger partial charge in [-0.1, -0.05) is 24.3 Å². The molecule has 0 bridgehead atoms. The molecule has 1 aliphatic heterocycles. The van der Waals surface area contributed by atoms with Gasteiger partial charge in [-0.2, -0.15) is 0 Å². The Morgan fingerprint density at radius 1 is 1.03 bits per heavy atom. The van der Waals surface area contributed by atoms with E-state index in [9.17, 15) is 9.59 Å². The van der Waals surface area contributed by atoms with Crippen molar-refractivity contribution in [1.29, 1.82) is 0 Å². The van der Waals surface area contributed by atoms with Crippen molar-refractivity contribution in [2.75, 3.05) is 13.1 Å². The molecular weight excluding hydrogens is 404 g/mol. The van der Waals surface area contributed by atoms with E-state index in [0.29, 0.717) is 11.3 Å². The highest BCUT2D eigenvalue weighted by atomic mass is 16.3. The summed E-state index contributed by atoms with van der Waals surface area (Å²) in [5.74, 6) is -0.175. The Hall–Kier alpha value is -3.71. The summed E-state index contributed by atoms with van der Waals surface area (Å²) in [6.07, 6.45) is 6.54. The van der Waals surface area contributed by atoms with E-state index in [1.807, 2.05) is 24.3 Å². The first-order valence-electron chi connectivity index (χ1n) is 10.7. The zero-order valence-electron chi connectivity index (χ0n) is 17.7. The lowest BCUT2D eigenvalue weighted by Crippen LogP contribution is -2.46. The molecule has 3 aromatic rings. The maximum atomic E-state index is 13.0. The highest BCUT2D eigenvalue weighted by Gasteiger charge is 2.23. The molecule has 2 amide bonds. The summed E-state index contributed by atoms with van der Waals surface area (Å²) in [5, 5.41) is 5.80. The van der Waals surface area contributed by atoms with Crippen molar-refractivity contribution in [3.63, 3.8) is 0 Å². The third-order valence-corrected chi connectivity index (χ3v) is 5.39. The first kappa shape index (κ1) is 21.5. The van der Waals surface area contributed by atoms with Gasteiger partial charge in [0, 0.05) is 43.5 Å². The molecule has 2 N–H and O–H groups in total. The fourth-order valence-corrected chi connectivity index (χ4v) is 3.68. The van der Waals surface area contributed by atoms with Crippen molar-refractivity contribution in [2.45, 2.75) is 25.4 Å². The largest absolute Gasteiger partial charge is 0.465 e. The lowest BCUT2D eigenvalue weighted by Gasteiger charge is -2.32. The van der Waals surface area contributed by atoms with Crippen LogP contribution in [0, 0.1) is 0 Å². The van der Waals surface area contributed by atoms with Crippen LogP contribution in [0.4, 0.5) is 0 Å². The van der Waals surface area contributed by atoms with Crippen molar-refractivity contribution in [2.24, 2.45) is 0 Å². The molecule has 3 heterocycles. The van der Waals surface area contributed by atoms with E-state index in [2.05, 4.69) is 20.5 Å². The Morgan fingerprint density at radius 3 is 2.50 bits per heavy atom. The average Bonchev–Trinajstić information content (AvgIpc) is 3.34. The van der Waals surface area contributed by atoms with Crippen LogP contribution in [0.1, 0.15) is 34.7 Å². The van der Waals surface area contributed by atoms with Crippen molar-refractivity contribution in [3.8, 4) is 0 Å². The van der Waals surface area contributed by atoms with Crippen LogP contribution >= 0.6 is 0 Å². The molecule has 1 aromatic carbocycles. The number of hydrogen-bond donors (Lipinski definition) is 2. The lowest BCUT2D eigenvalue weighted by molar-refractivity contribution is -0.118. The minimum atomic E-state index is -0.344. The molecule has 164 valence electrons. The minimum Gasteiger partial charge on any atom is -0.465 e. The van der Waals surface area contributed by atoms with Gasteiger partial charge in [0.15, 0.2) is 0 Å². The molecular formula is C25H26N4O3. The normalized spacial score (nSPS) is 15.3. The Labute approximate surface area is 187 Å². The van der Waals surface area contributed by atoms with Gasteiger partial charge in [0.25, 0.3) is 11.8 Å². The average molecular weight is 431 g/mol. The number of aromatic nitrogens is 1. The van der Waals surface area contributed by atoms with Crippen LogP contribution in [0.5, 0.6) is 0 Å². The number of hydrogen-bond acceptors (Lipinski definition) is 5. The Morgan fingerprint density at radius 2 is 1.81 bits per heavy atom. The molecule has 0 unspecified atom stereocenters. The topological polar surface area (TPSA) is 87.5 Å². The van der Waals surface area contributed by atoms with Gasteiger partial charge in [0.2, 0.25) is 0 Å². The summed E-state index contributed by atoms with van der Waals surface area (Å²) in [6.45, 7) is 2.54. The lowest BCUT2D eigenvalue weighted by atomic mass is 10.0. The van der Waals surface area contributed by atoms with E-state index >= 15 is 0 Å². The predicted molar refractivity (Wildman–Crippen MR) is 121 cm³/mol. The summed E-state index contributed by atoms with van der Waals surface area (Å²) in [4.78, 5) is 32.4. The van der Waals surface area contributed by atoms with Crippen molar-refractivity contribution < 1.29 is 14.0 Å². The molecule has 0 aliphatic carbocycles. The monoisotopic (exact) mass is 430 g/mol. The first-order chi connectivity index (χ1) is 15.7. The van der Waals surface area contributed by atoms with Gasteiger partial charge in [-0.15, -0.1) is 0 Å². The second kappa shape index (κ2) is 10.5. The second-order valence-corrected chi connectivity index (χ2v) is 7.74. The van der Waals surface area contributed by atoms with E-state index in [1.165, 1.54) is 6.26 Å². The third kappa shape index (κ3) is 5.92. The number of nitrogens with one attached hydrogen (secondary N) is 2. The highest BCUT2D eigenvalue weighted by Crippen LogP contribution is 2.14. The first-order valence-corrected chi connectivity index (χ1v) is 10.7. The van der Waals surface area contributed by atoms with Crippen molar-refractivity contribution in [1.82, 2.24) is 20.5 Å². The van der Waals surface area contributed by atoms with Crippen LogP contribution in [0.3, 0.4) is 0 Å². The van der Waals surface area contributed by atoms with Crippen LogP contribution in [0.2, 0.25) is 0 Å². The fraction of sp³-hybridized carbons (Fsp3) is 0.240. The Kier molecular flexibility index (Phi) is 7.09. The molecule has 0 radical (unpaired) electrons. The zero-order chi connectivity index (χ0) is 22.2. The molecule has 1 fully saturated rings. The molecule has 0 spiro atoms. The van der Waals surface area contributed by atoms with Crippen LogP contribution in [0.15, 0.2) is 83.2 Å². The minimum absolute atomic E-state index is 0.0381. The molecule has 0 atom stereocenters. The maximum Gasteiger partial charge on any atom is 0.268 e. The summed E-state index contributed by atoms with van der Waals surface area (Å²) in [6, 6.07) is 18.2. The number of carbonyl (C=O) groups excluding carboxylic acids is 2. The smallest absolute Gasteiger partial charge is 0.268 e. The number of piperidine rings is 1. The third-order valence-electron chi connectivity index (χ3n) is 5.39. The highest BCUT2D eigenvalue weighted by molar-refractivity contribution is 6.05. The van der Waals surface area contributed by atoms with Gasteiger partial charge in [0.05, 0.1) is 12.0 Å². The number of benzene rings is 1.